The van der Waals surface area contributed by atoms with Crippen molar-refractivity contribution in [3.05, 3.63) is 78.1 Å². The molecular formula is C22H25N3O2. The van der Waals surface area contributed by atoms with E-state index in [2.05, 4.69) is 17.3 Å². The summed E-state index contributed by atoms with van der Waals surface area (Å²) in [7, 11) is 0. The van der Waals surface area contributed by atoms with Crippen molar-refractivity contribution in [3.8, 4) is 11.1 Å². The van der Waals surface area contributed by atoms with Crippen molar-refractivity contribution < 1.29 is 9.90 Å². The molecule has 0 saturated heterocycles. The highest BCUT2D eigenvalue weighted by molar-refractivity contribution is 5.94. The third-order valence-electron chi connectivity index (χ3n) is 4.52. The van der Waals surface area contributed by atoms with Crippen LogP contribution in [0.3, 0.4) is 0 Å². The fourth-order valence-electron chi connectivity index (χ4n) is 2.97. The standard InChI is InChI=1S/C22H25N3O2/c1-2-4-21(26)19-9-5-17(6-10-19)18-7-11-20(12-8-18)22(27)23-14-16-25-15-3-13-24-25/h3,5-13,15,21,26H,2,4,14,16H2,1H3,(H,23,27). The smallest absolute Gasteiger partial charge is 0.251 e. The lowest BCUT2D eigenvalue weighted by molar-refractivity contribution is 0.0952. The van der Waals surface area contributed by atoms with E-state index >= 15 is 0 Å². The van der Waals surface area contributed by atoms with Gasteiger partial charge in [-0.1, -0.05) is 49.7 Å². The van der Waals surface area contributed by atoms with Crippen LogP contribution in [0.25, 0.3) is 11.1 Å². The van der Waals surface area contributed by atoms with Gasteiger partial charge in [-0.3, -0.25) is 9.48 Å². The van der Waals surface area contributed by atoms with Gasteiger partial charge in [0, 0.05) is 24.5 Å². The van der Waals surface area contributed by atoms with Crippen LogP contribution < -0.4 is 5.32 Å². The zero-order valence-electron chi connectivity index (χ0n) is 15.5. The van der Waals surface area contributed by atoms with Crippen molar-refractivity contribution in [3.63, 3.8) is 0 Å². The van der Waals surface area contributed by atoms with Crippen molar-refractivity contribution in [1.29, 1.82) is 0 Å². The normalized spacial score (nSPS) is 11.9. The molecule has 0 bridgehead atoms. The molecule has 140 valence electrons. The van der Waals surface area contributed by atoms with Gasteiger partial charge in [-0.25, -0.2) is 0 Å². The number of hydrogen-bond donors (Lipinski definition) is 2. The highest BCUT2D eigenvalue weighted by atomic mass is 16.3. The van der Waals surface area contributed by atoms with Gasteiger partial charge in [-0.05, 0) is 41.3 Å². The Kier molecular flexibility index (Phi) is 6.39. The first-order chi connectivity index (χ1) is 13.2. The molecule has 0 saturated carbocycles. The van der Waals surface area contributed by atoms with Gasteiger partial charge in [0.15, 0.2) is 0 Å². The largest absolute Gasteiger partial charge is 0.388 e. The van der Waals surface area contributed by atoms with E-state index in [1.807, 2.05) is 60.8 Å². The summed E-state index contributed by atoms with van der Waals surface area (Å²) >= 11 is 0. The van der Waals surface area contributed by atoms with Gasteiger partial charge in [0.25, 0.3) is 5.91 Å². The SMILES string of the molecule is CCCC(O)c1ccc(-c2ccc(C(=O)NCCn3cccn3)cc2)cc1. The molecule has 0 radical (unpaired) electrons. The molecule has 27 heavy (non-hydrogen) atoms. The van der Waals surface area contributed by atoms with Crippen molar-refractivity contribution >= 4 is 5.91 Å². The third kappa shape index (κ3) is 5.05. The molecule has 0 aliphatic carbocycles. The molecule has 2 N–H and O–H groups in total. The van der Waals surface area contributed by atoms with Crippen LogP contribution in [-0.2, 0) is 6.54 Å². The minimum Gasteiger partial charge on any atom is -0.388 e. The monoisotopic (exact) mass is 363 g/mol. The van der Waals surface area contributed by atoms with Crippen molar-refractivity contribution in [2.45, 2.75) is 32.4 Å². The number of nitrogens with one attached hydrogen (secondary N) is 1. The van der Waals surface area contributed by atoms with Gasteiger partial charge in [0.1, 0.15) is 0 Å². The van der Waals surface area contributed by atoms with E-state index in [-0.39, 0.29) is 5.91 Å². The molecule has 2 aromatic carbocycles. The second kappa shape index (κ2) is 9.14. The minimum absolute atomic E-state index is 0.0910. The number of aliphatic hydroxyl groups is 1. The molecule has 0 fully saturated rings. The quantitative estimate of drug-likeness (QED) is 0.639. The van der Waals surface area contributed by atoms with E-state index in [0.29, 0.717) is 18.7 Å². The van der Waals surface area contributed by atoms with E-state index in [4.69, 9.17) is 0 Å². The number of nitrogens with zero attached hydrogens (tertiary/aromatic N) is 2. The number of hydrogen-bond acceptors (Lipinski definition) is 3. The fraction of sp³-hybridized carbons (Fsp3) is 0.273. The number of aliphatic hydroxyl groups excluding tert-OH is 1. The highest BCUT2D eigenvalue weighted by Gasteiger charge is 2.08. The molecule has 0 aliphatic heterocycles. The summed E-state index contributed by atoms with van der Waals surface area (Å²) in [6.07, 6.45) is 4.90. The Morgan fingerprint density at radius 1 is 1.11 bits per heavy atom. The van der Waals surface area contributed by atoms with Crippen LogP contribution >= 0.6 is 0 Å². The van der Waals surface area contributed by atoms with Crippen LogP contribution in [0, 0.1) is 0 Å². The van der Waals surface area contributed by atoms with Gasteiger partial charge in [-0.2, -0.15) is 5.10 Å². The van der Waals surface area contributed by atoms with E-state index in [1.165, 1.54) is 0 Å². The first-order valence-electron chi connectivity index (χ1n) is 9.31. The molecule has 1 heterocycles. The Bertz CT molecular complexity index is 840. The molecule has 1 unspecified atom stereocenters. The molecule has 1 atom stereocenters. The Morgan fingerprint density at radius 2 is 1.78 bits per heavy atom. The summed E-state index contributed by atoms with van der Waals surface area (Å²) in [5, 5.41) is 17.1. The van der Waals surface area contributed by atoms with Crippen LogP contribution in [-0.4, -0.2) is 27.3 Å². The summed E-state index contributed by atoms with van der Waals surface area (Å²) in [5.74, 6) is -0.0910. The zero-order valence-corrected chi connectivity index (χ0v) is 15.5. The lowest BCUT2D eigenvalue weighted by atomic mass is 9.99. The average molecular weight is 363 g/mol. The average Bonchev–Trinajstić information content (AvgIpc) is 3.22. The third-order valence-corrected chi connectivity index (χ3v) is 4.52. The Labute approximate surface area is 159 Å². The number of amides is 1. The Morgan fingerprint density at radius 3 is 2.37 bits per heavy atom. The highest BCUT2D eigenvalue weighted by Crippen LogP contribution is 2.24. The molecule has 1 amide bonds. The number of aromatic nitrogens is 2. The van der Waals surface area contributed by atoms with Crippen LogP contribution in [0.1, 0.15) is 41.8 Å². The van der Waals surface area contributed by atoms with Gasteiger partial charge in [-0.15, -0.1) is 0 Å². The van der Waals surface area contributed by atoms with Crippen LogP contribution in [0.4, 0.5) is 0 Å². The Hall–Kier alpha value is -2.92. The summed E-state index contributed by atoms with van der Waals surface area (Å²) in [6, 6.07) is 17.4. The molecule has 3 aromatic rings. The second-order valence-electron chi connectivity index (χ2n) is 6.53. The van der Waals surface area contributed by atoms with E-state index in [9.17, 15) is 9.90 Å². The molecule has 3 rings (SSSR count). The lowest BCUT2D eigenvalue weighted by Gasteiger charge is -2.11. The van der Waals surface area contributed by atoms with Crippen molar-refractivity contribution in [1.82, 2.24) is 15.1 Å². The first kappa shape index (κ1) is 18.9. The zero-order chi connectivity index (χ0) is 19.1. The summed E-state index contributed by atoms with van der Waals surface area (Å²) in [4.78, 5) is 12.2. The fourth-order valence-corrected chi connectivity index (χ4v) is 2.97. The number of rotatable bonds is 8. The maximum absolute atomic E-state index is 12.2. The van der Waals surface area contributed by atoms with Gasteiger partial charge >= 0.3 is 0 Å². The number of carbonyl (C=O) groups is 1. The molecule has 5 heteroatoms. The van der Waals surface area contributed by atoms with Crippen molar-refractivity contribution in [2.75, 3.05) is 6.54 Å². The maximum Gasteiger partial charge on any atom is 0.251 e. The van der Waals surface area contributed by atoms with Crippen LogP contribution in [0.15, 0.2) is 67.0 Å². The van der Waals surface area contributed by atoms with Crippen molar-refractivity contribution in [2.24, 2.45) is 0 Å². The van der Waals surface area contributed by atoms with Crippen LogP contribution in [0.2, 0.25) is 0 Å². The summed E-state index contributed by atoms with van der Waals surface area (Å²) in [6.45, 7) is 3.24. The number of benzene rings is 2. The molecule has 1 aromatic heterocycles. The predicted octanol–water partition coefficient (Wildman–Crippen LogP) is 3.81. The maximum atomic E-state index is 12.2. The predicted molar refractivity (Wildman–Crippen MR) is 106 cm³/mol. The summed E-state index contributed by atoms with van der Waals surface area (Å²) in [5.41, 5.74) is 3.68. The van der Waals surface area contributed by atoms with Gasteiger partial charge in [0.05, 0.1) is 12.6 Å². The molecule has 5 nitrogen and oxygen atoms in total. The molecular weight excluding hydrogens is 338 g/mol. The topological polar surface area (TPSA) is 67.2 Å². The molecule has 0 aliphatic rings. The number of carbonyl (C=O) groups excluding carboxylic acids is 1. The minimum atomic E-state index is -0.406. The van der Waals surface area contributed by atoms with Crippen LogP contribution in [0.5, 0.6) is 0 Å². The van der Waals surface area contributed by atoms with E-state index in [0.717, 1.165) is 29.5 Å². The molecule has 0 spiro atoms. The summed E-state index contributed by atoms with van der Waals surface area (Å²) < 4.78 is 1.78. The van der Waals surface area contributed by atoms with E-state index < -0.39 is 6.10 Å². The second-order valence-corrected chi connectivity index (χ2v) is 6.53. The van der Waals surface area contributed by atoms with Gasteiger partial charge < -0.3 is 10.4 Å². The first-order valence-corrected chi connectivity index (χ1v) is 9.31. The lowest BCUT2D eigenvalue weighted by Crippen LogP contribution is -2.27. The van der Waals surface area contributed by atoms with Gasteiger partial charge in [0.2, 0.25) is 0 Å². The Balaban J connectivity index is 1.58. The van der Waals surface area contributed by atoms with E-state index in [1.54, 1.807) is 10.9 Å².